The first-order chi connectivity index (χ1) is 15.1. The number of unbranched alkanes of at least 4 members (excludes halogenated alkanes) is 1. The summed E-state index contributed by atoms with van der Waals surface area (Å²) < 4.78 is 15.7. The van der Waals surface area contributed by atoms with Crippen LogP contribution in [0.25, 0.3) is 0 Å². The molecule has 4 N–H and O–H groups in total. The normalized spacial score (nSPS) is 11.3. The number of hydrogen-bond donors (Lipinski definition) is 3. The number of rotatable bonds is 10. The number of carbonyl (C=O) groups is 3. The van der Waals surface area contributed by atoms with Crippen LogP contribution < -0.4 is 29.5 Å². The number of carbonyl (C=O) groups excluding carboxylic acids is 2. The molecule has 1 aromatic heterocycles. The van der Waals surface area contributed by atoms with Crippen molar-refractivity contribution in [3.8, 4) is 0 Å². The van der Waals surface area contributed by atoms with Gasteiger partial charge in [0.2, 0.25) is 5.89 Å². The van der Waals surface area contributed by atoms with Crippen molar-refractivity contribution in [2.75, 3.05) is 6.54 Å². The molecule has 0 saturated heterocycles. The molecule has 1 atom stereocenters. The molecular weight excluding hydrogens is 441 g/mol. The second-order valence-electron chi connectivity index (χ2n) is 8.06. The number of nitrogens with zero attached hydrogens (tertiary/aromatic N) is 1. The number of oxazole rings is 1. The third kappa shape index (κ3) is 11.7. The Balaban J connectivity index is 0.00000544. The minimum Gasteiger partial charge on any atom is -0.870 e. The fraction of sp³-hybridized carbons (Fsp3) is 0.455. The number of amides is 2. The maximum absolute atomic E-state index is 12.3. The summed E-state index contributed by atoms with van der Waals surface area (Å²) in [6.45, 7) is 5.81. The van der Waals surface area contributed by atoms with Gasteiger partial charge in [0.15, 0.2) is 5.69 Å². The summed E-state index contributed by atoms with van der Waals surface area (Å²) >= 11 is 0. The van der Waals surface area contributed by atoms with Crippen LogP contribution in [0.1, 0.15) is 68.0 Å². The number of alkyl carbamates (subject to hydrolysis) is 2. The van der Waals surface area contributed by atoms with Crippen LogP contribution in [0, 0.1) is 0 Å². The molecule has 0 spiro atoms. The molecule has 2 amide bonds. The van der Waals surface area contributed by atoms with Gasteiger partial charge in [-0.2, -0.15) is 0 Å². The van der Waals surface area contributed by atoms with E-state index in [1.165, 1.54) is 0 Å². The summed E-state index contributed by atoms with van der Waals surface area (Å²) in [7, 11) is 0. The zero-order valence-electron chi connectivity index (χ0n) is 19.9. The van der Waals surface area contributed by atoms with Gasteiger partial charge in [0, 0.05) is 6.54 Å². The molecule has 182 valence electrons. The van der Waals surface area contributed by atoms with Gasteiger partial charge in [-0.15, -0.1) is 0 Å². The van der Waals surface area contributed by atoms with Gasteiger partial charge in [-0.25, -0.2) is 19.4 Å². The summed E-state index contributed by atoms with van der Waals surface area (Å²) in [5.41, 5.74) is -0.000747. The number of carboxylic acid groups (broad SMARTS) is 1. The van der Waals surface area contributed by atoms with Crippen LogP contribution in [0.15, 0.2) is 41.0 Å². The largest absolute Gasteiger partial charge is 1.00 e. The molecule has 0 bridgehead atoms. The fourth-order valence-electron chi connectivity index (χ4n) is 2.69. The smallest absolute Gasteiger partial charge is 0.870 e. The van der Waals surface area contributed by atoms with Crippen LogP contribution in [-0.4, -0.2) is 45.9 Å². The molecule has 34 heavy (non-hydrogen) atoms. The molecule has 2 aromatic rings. The van der Waals surface area contributed by atoms with E-state index in [1.807, 2.05) is 30.3 Å². The van der Waals surface area contributed by atoms with E-state index in [-0.39, 0.29) is 42.5 Å². The van der Waals surface area contributed by atoms with Crippen molar-refractivity contribution in [2.24, 2.45) is 0 Å². The Hall–Kier alpha value is -3.00. The molecule has 0 radical (unpaired) electrons. The predicted octanol–water partition coefficient (Wildman–Crippen LogP) is 0.863. The van der Waals surface area contributed by atoms with Crippen molar-refractivity contribution in [1.82, 2.24) is 15.6 Å². The quantitative estimate of drug-likeness (QED) is 0.336. The molecule has 12 heteroatoms. The minimum atomic E-state index is -1.23. The molecular formula is C22H30LiN3O8. The molecule has 0 aliphatic carbocycles. The van der Waals surface area contributed by atoms with Crippen LogP contribution in [-0.2, 0) is 16.1 Å². The summed E-state index contributed by atoms with van der Waals surface area (Å²) in [6, 6.07) is 8.51. The standard InChI is InChI=1S/C22H29N3O7.Li.H2O/c1-22(2,3)32-20(28)23-12-8-7-11-16(18-24-17(14-30-18)19(26)27)25-21(29)31-13-15-9-5-4-6-10-15;;/h4-6,9-10,14,16H,7-8,11-13H2,1-3H3,(H,23,28)(H,25,29)(H,26,27);;1H2/q;+1;/p-1. The molecule has 1 heterocycles. The SMILES string of the molecule is CC(C)(C)OC(=O)NCCCCC(NC(=O)OCc1ccccc1)c1nc(C(=O)O)co1.[Li+].[OH-]. The average Bonchev–Trinajstić information content (AvgIpc) is 3.21. The summed E-state index contributed by atoms with van der Waals surface area (Å²) in [6.07, 6.45) is 1.42. The van der Waals surface area contributed by atoms with Gasteiger partial charge in [0.05, 0.1) is 0 Å². The van der Waals surface area contributed by atoms with Crippen LogP contribution in [0.5, 0.6) is 0 Å². The Bertz CT molecular complexity index is 899. The Kier molecular flexibility index (Phi) is 13.7. The number of ether oxygens (including phenoxy) is 2. The van der Waals surface area contributed by atoms with Crippen molar-refractivity contribution < 1.29 is 57.7 Å². The fourth-order valence-corrected chi connectivity index (χ4v) is 2.69. The van der Waals surface area contributed by atoms with Crippen molar-refractivity contribution in [1.29, 1.82) is 0 Å². The van der Waals surface area contributed by atoms with Crippen molar-refractivity contribution in [3.05, 3.63) is 53.7 Å². The monoisotopic (exact) mass is 471 g/mol. The van der Waals surface area contributed by atoms with Gasteiger partial charge in [0.25, 0.3) is 0 Å². The van der Waals surface area contributed by atoms with Crippen molar-refractivity contribution in [3.63, 3.8) is 0 Å². The Morgan fingerprint density at radius 2 is 1.79 bits per heavy atom. The summed E-state index contributed by atoms with van der Waals surface area (Å²) in [4.78, 5) is 39.0. The third-order valence-corrected chi connectivity index (χ3v) is 4.13. The molecule has 2 rings (SSSR count). The number of nitrogens with one attached hydrogen (secondary N) is 2. The van der Waals surface area contributed by atoms with Gasteiger partial charge >= 0.3 is 37.0 Å². The van der Waals surface area contributed by atoms with Gasteiger partial charge in [-0.1, -0.05) is 30.3 Å². The maximum Gasteiger partial charge on any atom is 1.00 e. The van der Waals surface area contributed by atoms with E-state index >= 15 is 0 Å². The van der Waals surface area contributed by atoms with Crippen molar-refractivity contribution in [2.45, 2.75) is 58.3 Å². The molecule has 11 nitrogen and oxygen atoms in total. The van der Waals surface area contributed by atoms with E-state index in [0.717, 1.165) is 11.8 Å². The van der Waals surface area contributed by atoms with Gasteiger partial charge < -0.3 is 35.1 Å². The van der Waals surface area contributed by atoms with E-state index in [0.29, 0.717) is 25.8 Å². The first-order valence-corrected chi connectivity index (χ1v) is 10.3. The van der Waals surface area contributed by atoms with E-state index < -0.39 is 29.8 Å². The van der Waals surface area contributed by atoms with E-state index in [1.54, 1.807) is 20.8 Å². The average molecular weight is 471 g/mol. The van der Waals surface area contributed by atoms with Crippen LogP contribution in [0.2, 0.25) is 0 Å². The van der Waals surface area contributed by atoms with E-state index in [4.69, 9.17) is 19.0 Å². The first-order valence-electron chi connectivity index (χ1n) is 10.3. The van der Waals surface area contributed by atoms with Crippen LogP contribution in [0.4, 0.5) is 9.59 Å². The zero-order chi connectivity index (χ0) is 23.6. The molecule has 0 fully saturated rings. The first kappa shape index (κ1) is 31.0. The predicted molar refractivity (Wildman–Crippen MR) is 116 cm³/mol. The van der Waals surface area contributed by atoms with Gasteiger partial charge in [0.1, 0.15) is 24.5 Å². The number of aromatic carboxylic acids is 1. The molecule has 0 saturated carbocycles. The van der Waals surface area contributed by atoms with Crippen LogP contribution >= 0.6 is 0 Å². The topological polar surface area (TPSA) is 170 Å². The van der Waals surface area contributed by atoms with Gasteiger partial charge in [-0.05, 0) is 45.6 Å². The molecule has 0 aliphatic heterocycles. The second kappa shape index (κ2) is 15.0. The maximum atomic E-state index is 12.3. The van der Waals surface area contributed by atoms with Gasteiger partial charge in [-0.3, -0.25) is 0 Å². The summed E-state index contributed by atoms with van der Waals surface area (Å²) in [5, 5.41) is 14.4. The number of benzene rings is 1. The third-order valence-electron chi connectivity index (χ3n) is 4.13. The minimum absolute atomic E-state index is 0. The number of aromatic nitrogens is 1. The van der Waals surface area contributed by atoms with E-state index in [2.05, 4.69) is 15.6 Å². The molecule has 1 aromatic carbocycles. The molecule has 0 aliphatic rings. The number of carboxylic acids is 1. The molecule has 1 unspecified atom stereocenters. The van der Waals surface area contributed by atoms with Crippen LogP contribution in [0.3, 0.4) is 0 Å². The Labute approximate surface area is 210 Å². The number of hydrogen-bond acceptors (Lipinski definition) is 8. The second-order valence-corrected chi connectivity index (χ2v) is 8.06. The zero-order valence-corrected chi connectivity index (χ0v) is 19.9. The van der Waals surface area contributed by atoms with Crippen molar-refractivity contribution >= 4 is 18.2 Å². The van der Waals surface area contributed by atoms with E-state index in [9.17, 15) is 14.4 Å². The summed E-state index contributed by atoms with van der Waals surface area (Å²) in [5.74, 6) is -1.16. The Morgan fingerprint density at radius 1 is 1.12 bits per heavy atom. The Morgan fingerprint density at radius 3 is 2.38 bits per heavy atom.